The molecule has 132 valence electrons. The number of amides is 2. The summed E-state index contributed by atoms with van der Waals surface area (Å²) >= 11 is 0. The van der Waals surface area contributed by atoms with Crippen molar-refractivity contribution in [3.8, 4) is 0 Å². The second-order valence-corrected chi connectivity index (χ2v) is 5.88. The van der Waals surface area contributed by atoms with Crippen LogP contribution in [0.25, 0.3) is 0 Å². The molecule has 0 bridgehead atoms. The van der Waals surface area contributed by atoms with Gasteiger partial charge < -0.3 is 16.4 Å². The minimum atomic E-state index is -4.52. The highest BCUT2D eigenvalue weighted by Crippen LogP contribution is 2.29. The lowest BCUT2D eigenvalue weighted by Gasteiger charge is -2.29. The Kier molecular flexibility index (Phi) is 5.82. The van der Waals surface area contributed by atoms with Crippen molar-refractivity contribution in [3.05, 3.63) is 35.4 Å². The van der Waals surface area contributed by atoms with Crippen LogP contribution in [-0.4, -0.2) is 30.4 Å². The van der Waals surface area contributed by atoms with Crippen molar-refractivity contribution in [3.63, 3.8) is 0 Å². The van der Waals surface area contributed by atoms with Gasteiger partial charge in [0.05, 0.1) is 12.1 Å². The Balaban J connectivity index is 1.87. The minimum absolute atomic E-state index is 0.109. The summed E-state index contributed by atoms with van der Waals surface area (Å²) in [5.41, 5.74) is 4.87. The first-order valence-corrected chi connectivity index (χ1v) is 7.78. The zero-order valence-electron chi connectivity index (χ0n) is 13.0. The predicted octanol–water partition coefficient (Wildman–Crippen LogP) is 1.82. The number of carbonyl (C=O) groups is 2. The smallest absolute Gasteiger partial charge is 0.350 e. The average molecular weight is 343 g/mol. The van der Waals surface area contributed by atoms with Gasteiger partial charge in [0.25, 0.3) is 5.91 Å². The first kappa shape index (κ1) is 18.3. The average Bonchev–Trinajstić information content (AvgIpc) is 2.54. The first-order chi connectivity index (χ1) is 11.3. The highest BCUT2D eigenvalue weighted by molar-refractivity contribution is 5.96. The number of hydrogen-bond donors (Lipinski definition) is 3. The van der Waals surface area contributed by atoms with Crippen LogP contribution < -0.4 is 16.4 Å². The van der Waals surface area contributed by atoms with Gasteiger partial charge in [0, 0.05) is 17.6 Å². The lowest BCUT2D eigenvalue weighted by molar-refractivity contribution is -0.137. The molecule has 2 rings (SSSR count). The van der Waals surface area contributed by atoms with E-state index in [1.807, 2.05) is 0 Å². The summed E-state index contributed by atoms with van der Waals surface area (Å²) in [6.45, 7) is -0.307. The van der Waals surface area contributed by atoms with E-state index in [-0.39, 0.29) is 24.2 Å². The Morgan fingerprint density at radius 3 is 2.58 bits per heavy atom. The molecule has 8 heteroatoms. The van der Waals surface area contributed by atoms with Gasteiger partial charge in [-0.2, -0.15) is 13.2 Å². The van der Waals surface area contributed by atoms with Crippen molar-refractivity contribution >= 4 is 11.8 Å². The monoisotopic (exact) mass is 343 g/mol. The van der Waals surface area contributed by atoms with Crippen LogP contribution in [0.15, 0.2) is 24.3 Å². The van der Waals surface area contributed by atoms with E-state index in [4.69, 9.17) is 5.73 Å². The molecule has 2 atom stereocenters. The summed E-state index contributed by atoms with van der Waals surface area (Å²) in [6.07, 6.45) is -0.893. The molecule has 24 heavy (non-hydrogen) atoms. The van der Waals surface area contributed by atoms with E-state index >= 15 is 0 Å². The fourth-order valence-corrected chi connectivity index (χ4v) is 2.70. The molecular weight excluding hydrogens is 323 g/mol. The SMILES string of the molecule is N[C@@H]1CCCC[C@@H]1NC(=O)CNC(=O)c1cccc(C(F)(F)F)c1. The number of rotatable bonds is 4. The zero-order chi connectivity index (χ0) is 17.7. The van der Waals surface area contributed by atoms with Gasteiger partial charge in [-0.15, -0.1) is 0 Å². The fraction of sp³-hybridized carbons (Fsp3) is 0.500. The van der Waals surface area contributed by atoms with Crippen LogP contribution >= 0.6 is 0 Å². The second-order valence-electron chi connectivity index (χ2n) is 5.88. The Bertz CT molecular complexity index is 604. The largest absolute Gasteiger partial charge is 0.416 e. The first-order valence-electron chi connectivity index (χ1n) is 7.78. The molecule has 1 aliphatic rings. The van der Waals surface area contributed by atoms with Crippen LogP contribution in [0.3, 0.4) is 0 Å². The molecule has 5 nitrogen and oxygen atoms in total. The maximum atomic E-state index is 12.6. The lowest BCUT2D eigenvalue weighted by Crippen LogP contribution is -2.51. The van der Waals surface area contributed by atoms with Crippen LogP contribution in [0, 0.1) is 0 Å². The van der Waals surface area contributed by atoms with Crippen LogP contribution in [-0.2, 0) is 11.0 Å². The molecule has 2 amide bonds. The highest BCUT2D eigenvalue weighted by atomic mass is 19.4. The van der Waals surface area contributed by atoms with E-state index in [1.165, 1.54) is 6.07 Å². The standard InChI is InChI=1S/C16H20F3N3O2/c17-16(18,19)11-5-3-4-10(8-11)15(24)21-9-14(23)22-13-7-2-1-6-12(13)20/h3-5,8,12-13H,1-2,6-7,9,20H2,(H,21,24)(H,22,23)/t12-,13+/m1/s1. The number of carbonyl (C=O) groups excluding carboxylic acids is 2. The molecule has 0 radical (unpaired) electrons. The predicted molar refractivity (Wildman–Crippen MR) is 82.2 cm³/mol. The normalized spacial score (nSPS) is 21.2. The van der Waals surface area contributed by atoms with Crippen LogP contribution in [0.5, 0.6) is 0 Å². The Hall–Kier alpha value is -2.09. The summed E-state index contributed by atoms with van der Waals surface area (Å²) in [4.78, 5) is 23.8. The van der Waals surface area contributed by atoms with E-state index in [1.54, 1.807) is 0 Å². The minimum Gasteiger partial charge on any atom is -0.350 e. The van der Waals surface area contributed by atoms with E-state index in [9.17, 15) is 22.8 Å². The molecule has 1 saturated carbocycles. The van der Waals surface area contributed by atoms with Gasteiger partial charge in [-0.25, -0.2) is 0 Å². The van der Waals surface area contributed by atoms with Crippen molar-refractivity contribution in [2.75, 3.05) is 6.54 Å². The number of halogens is 3. The maximum absolute atomic E-state index is 12.6. The maximum Gasteiger partial charge on any atom is 0.416 e. The summed E-state index contributed by atoms with van der Waals surface area (Å²) in [5, 5.41) is 5.08. The van der Waals surface area contributed by atoms with Gasteiger partial charge in [-0.05, 0) is 31.0 Å². The fourth-order valence-electron chi connectivity index (χ4n) is 2.70. The van der Waals surface area contributed by atoms with E-state index in [0.717, 1.165) is 43.9 Å². The van der Waals surface area contributed by atoms with Gasteiger partial charge >= 0.3 is 6.18 Å². The van der Waals surface area contributed by atoms with Gasteiger partial charge in [0.2, 0.25) is 5.91 Å². The summed E-state index contributed by atoms with van der Waals surface area (Å²) in [6, 6.07) is 3.81. The summed E-state index contributed by atoms with van der Waals surface area (Å²) in [5.74, 6) is -1.14. The quantitative estimate of drug-likeness (QED) is 0.780. The van der Waals surface area contributed by atoms with E-state index in [0.29, 0.717) is 0 Å². The van der Waals surface area contributed by atoms with Crippen LogP contribution in [0.2, 0.25) is 0 Å². The Morgan fingerprint density at radius 2 is 1.92 bits per heavy atom. The molecule has 0 unspecified atom stereocenters. The molecular formula is C16H20F3N3O2. The lowest BCUT2D eigenvalue weighted by atomic mass is 9.91. The molecule has 1 aliphatic carbocycles. The van der Waals surface area contributed by atoms with Crippen LogP contribution in [0.1, 0.15) is 41.6 Å². The number of alkyl halides is 3. The highest BCUT2D eigenvalue weighted by Gasteiger charge is 2.31. The third-order valence-corrected chi connectivity index (χ3v) is 4.03. The van der Waals surface area contributed by atoms with E-state index < -0.39 is 23.6 Å². The molecule has 0 aromatic heterocycles. The van der Waals surface area contributed by atoms with Crippen molar-refractivity contribution in [2.45, 2.75) is 43.9 Å². The Morgan fingerprint density at radius 1 is 1.21 bits per heavy atom. The van der Waals surface area contributed by atoms with E-state index in [2.05, 4.69) is 10.6 Å². The molecule has 1 fully saturated rings. The van der Waals surface area contributed by atoms with Crippen molar-refractivity contribution in [2.24, 2.45) is 5.73 Å². The molecule has 0 spiro atoms. The second kappa shape index (κ2) is 7.65. The van der Waals surface area contributed by atoms with Gasteiger partial charge in [0.1, 0.15) is 0 Å². The van der Waals surface area contributed by atoms with Crippen molar-refractivity contribution < 1.29 is 22.8 Å². The zero-order valence-corrected chi connectivity index (χ0v) is 13.0. The van der Waals surface area contributed by atoms with Crippen LogP contribution in [0.4, 0.5) is 13.2 Å². The third-order valence-electron chi connectivity index (χ3n) is 4.03. The number of nitrogens with one attached hydrogen (secondary N) is 2. The molecule has 1 aromatic rings. The number of nitrogens with two attached hydrogens (primary N) is 1. The summed E-state index contributed by atoms with van der Waals surface area (Å²) in [7, 11) is 0. The van der Waals surface area contributed by atoms with Gasteiger partial charge in [-0.1, -0.05) is 18.9 Å². The molecule has 4 N–H and O–H groups in total. The molecule has 0 saturated heterocycles. The molecule has 0 heterocycles. The summed E-state index contributed by atoms with van der Waals surface area (Å²) < 4.78 is 37.9. The van der Waals surface area contributed by atoms with Crippen molar-refractivity contribution in [1.82, 2.24) is 10.6 Å². The topological polar surface area (TPSA) is 84.2 Å². The molecule has 0 aliphatic heterocycles. The van der Waals surface area contributed by atoms with Crippen molar-refractivity contribution in [1.29, 1.82) is 0 Å². The third kappa shape index (κ3) is 4.95. The molecule has 1 aromatic carbocycles. The number of benzene rings is 1. The van der Waals surface area contributed by atoms with Gasteiger partial charge in [-0.3, -0.25) is 9.59 Å². The van der Waals surface area contributed by atoms with Gasteiger partial charge in [0.15, 0.2) is 0 Å². The number of hydrogen-bond acceptors (Lipinski definition) is 3. The Labute approximate surface area is 137 Å².